The molecule has 0 radical (unpaired) electrons. The number of nitrogens with zero attached hydrogens (tertiary/aromatic N) is 4. The molecule has 8 nitrogen and oxygen atoms in total. The van der Waals surface area contributed by atoms with Crippen LogP contribution in [0.5, 0.6) is 0 Å². The summed E-state index contributed by atoms with van der Waals surface area (Å²) in [7, 11) is 0. The third-order valence-corrected chi connectivity index (χ3v) is 6.81. The van der Waals surface area contributed by atoms with Crippen LogP contribution in [0, 0.1) is 0 Å². The van der Waals surface area contributed by atoms with Gasteiger partial charge in [-0.1, -0.05) is 59.9 Å². The minimum atomic E-state index is -0.303. The number of hydrogen-bond acceptors (Lipinski definition) is 8. The van der Waals surface area contributed by atoms with E-state index in [1.54, 1.807) is 6.92 Å². The molecule has 0 bridgehead atoms. The van der Waals surface area contributed by atoms with E-state index in [0.29, 0.717) is 21.8 Å². The Hall–Kier alpha value is -2.72. The van der Waals surface area contributed by atoms with E-state index in [1.165, 1.54) is 23.1 Å². The van der Waals surface area contributed by atoms with Crippen LogP contribution in [0.2, 0.25) is 0 Å². The van der Waals surface area contributed by atoms with Crippen molar-refractivity contribution >= 4 is 40.1 Å². The van der Waals surface area contributed by atoms with Gasteiger partial charge in [0, 0.05) is 12.1 Å². The molecule has 31 heavy (non-hydrogen) atoms. The van der Waals surface area contributed by atoms with Crippen LogP contribution >= 0.6 is 23.1 Å². The van der Waals surface area contributed by atoms with Gasteiger partial charge in [0.2, 0.25) is 5.13 Å². The van der Waals surface area contributed by atoms with Crippen molar-refractivity contribution in [3.05, 3.63) is 41.7 Å². The zero-order chi connectivity index (χ0) is 21.6. The molecule has 1 aliphatic heterocycles. The number of esters is 1. The number of hydrogen-bond donors (Lipinski definition) is 1. The van der Waals surface area contributed by atoms with Crippen LogP contribution in [-0.4, -0.2) is 44.0 Å². The summed E-state index contributed by atoms with van der Waals surface area (Å²) in [5.74, 6) is 0.393. The molecule has 1 aliphatic rings. The van der Waals surface area contributed by atoms with Crippen LogP contribution in [0.3, 0.4) is 0 Å². The summed E-state index contributed by atoms with van der Waals surface area (Å²) in [6.45, 7) is 2.96. The van der Waals surface area contributed by atoms with Crippen molar-refractivity contribution in [2.45, 2.75) is 43.5 Å². The standard InChI is InChI=1S/C21H23N5O3S2/c1-2-29-16(27)13-30-21-25-24-20(31-21)23-19(28)17-15-11-7-4-8-12-26(15)18(22-17)14-9-5-3-6-10-14/h3,5-6,9-10H,2,4,7-8,11-13H2,1H3,(H,23,24,28). The molecule has 1 aromatic carbocycles. The highest BCUT2D eigenvalue weighted by atomic mass is 32.2. The SMILES string of the molecule is CCOC(=O)CSc1nnc(NC(=O)c2nc(-c3ccccc3)n3c2CCCCC3)s1. The normalized spacial score (nSPS) is 13.3. The highest BCUT2D eigenvalue weighted by Gasteiger charge is 2.25. The van der Waals surface area contributed by atoms with Gasteiger partial charge < -0.3 is 9.30 Å². The number of anilines is 1. The minimum absolute atomic E-state index is 0.158. The Morgan fingerprint density at radius 3 is 2.84 bits per heavy atom. The van der Waals surface area contributed by atoms with Gasteiger partial charge in [0.25, 0.3) is 5.91 Å². The molecule has 0 atom stereocenters. The topological polar surface area (TPSA) is 99.0 Å². The van der Waals surface area contributed by atoms with Crippen molar-refractivity contribution in [1.29, 1.82) is 0 Å². The van der Waals surface area contributed by atoms with Gasteiger partial charge in [-0.25, -0.2) is 4.98 Å². The van der Waals surface area contributed by atoms with E-state index < -0.39 is 0 Å². The minimum Gasteiger partial charge on any atom is -0.465 e. The molecule has 0 unspecified atom stereocenters. The largest absolute Gasteiger partial charge is 0.465 e. The number of fused-ring (bicyclic) bond motifs is 1. The number of aromatic nitrogens is 4. The molecule has 0 saturated carbocycles. The van der Waals surface area contributed by atoms with Gasteiger partial charge in [-0.15, -0.1) is 10.2 Å². The lowest BCUT2D eigenvalue weighted by atomic mass is 10.1. The summed E-state index contributed by atoms with van der Waals surface area (Å²) >= 11 is 2.47. The fraction of sp³-hybridized carbons (Fsp3) is 0.381. The van der Waals surface area contributed by atoms with E-state index in [2.05, 4.69) is 20.1 Å². The Morgan fingerprint density at radius 1 is 1.19 bits per heavy atom. The van der Waals surface area contributed by atoms with Crippen LogP contribution in [0.25, 0.3) is 11.4 Å². The fourth-order valence-electron chi connectivity index (χ4n) is 3.51. The van der Waals surface area contributed by atoms with E-state index in [0.717, 1.165) is 49.3 Å². The van der Waals surface area contributed by atoms with Crippen molar-refractivity contribution in [2.24, 2.45) is 0 Å². The first-order chi connectivity index (χ1) is 15.2. The summed E-state index contributed by atoms with van der Waals surface area (Å²) in [6.07, 6.45) is 4.06. The van der Waals surface area contributed by atoms with Crippen LogP contribution in [0.4, 0.5) is 5.13 Å². The summed E-state index contributed by atoms with van der Waals surface area (Å²) in [5.41, 5.74) is 2.41. The Morgan fingerprint density at radius 2 is 2.03 bits per heavy atom. The predicted molar refractivity (Wildman–Crippen MR) is 120 cm³/mol. The molecule has 3 heterocycles. The third-order valence-electron chi connectivity index (χ3n) is 4.86. The van der Waals surface area contributed by atoms with E-state index >= 15 is 0 Å². The number of imidazole rings is 1. The van der Waals surface area contributed by atoms with E-state index in [4.69, 9.17) is 9.72 Å². The van der Waals surface area contributed by atoms with E-state index in [1.807, 2.05) is 30.3 Å². The molecule has 2 aromatic heterocycles. The molecule has 4 rings (SSSR count). The molecule has 3 aromatic rings. The lowest BCUT2D eigenvalue weighted by molar-refractivity contribution is -0.139. The number of carbonyl (C=O) groups excluding carboxylic acids is 2. The molecule has 0 aliphatic carbocycles. The number of amides is 1. The number of thioether (sulfide) groups is 1. The number of carbonyl (C=O) groups is 2. The molecule has 10 heteroatoms. The Labute approximate surface area is 188 Å². The maximum atomic E-state index is 13.1. The number of benzene rings is 1. The van der Waals surface area contributed by atoms with Crippen molar-refractivity contribution in [1.82, 2.24) is 19.7 Å². The van der Waals surface area contributed by atoms with Gasteiger partial charge in [0.1, 0.15) is 11.5 Å². The second-order valence-corrected chi connectivity index (χ2v) is 9.18. The first-order valence-corrected chi connectivity index (χ1v) is 12.0. The first kappa shape index (κ1) is 21.5. The van der Waals surface area contributed by atoms with E-state index in [9.17, 15) is 9.59 Å². The average Bonchev–Trinajstić information content (AvgIpc) is 3.30. The van der Waals surface area contributed by atoms with Crippen LogP contribution < -0.4 is 5.32 Å². The van der Waals surface area contributed by atoms with E-state index in [-0.39, 0.29) is 17.6 Å². The Kier molecular flexibility index (Phi) is 6.98. The first-order valence-electron chi connectivity index (χ1n) is 10.2. The summed E-state index contributed by atoms with van der Waals surface area (Å²) in [5, 5.41) is 11.3. The fourth-order valence-corrected chi connectivity index (χ4v) is 5.05. The van der Waals surface area contributed by atoms with Gasteiger partial charge in [-0.2, -0.15) is 0 Å². The second-order valence-electron chi connectivity index (χ2n) is 6.98. The average molecular weight is 458 g/mol. The van der Waals surface area contributed by atoms with Crippen molar-refractivity contribution in [3.8, 4) is 11.4 Å². The van der Waals surface area contributed by atoms with Crippen LogP contribution in [-0.2, 0) is 22.5 Å². The molecular formula is C21H23N5O3S2. The Bertz CT molecular complexity index is 1060. The zero-order valence-electron chi connectivity index (χ0n) is 17.2. The molecule has 162 valence electrons. The van der Waals surface area contributed by atoms with Crippen molar-refractivity contribution < 1.29 is 14.3 Å². The molecule has 0 saturated heterocycles. The lowest BCUT2D eigenvalue weighted by Crippen LogP contribution is -2.15. The quantitative estimate of drug-likeness (QED) is 0.325. The summed E-state index contributed by atoms with van der Waals surface area (Å²) in [4.78, 5) is 29.3. The van der Waals surface area contributed by atoms with Crippen molar-refractivity contribution in [3.63, 3.8) is 0 Å². The highest BCUT2D eigenvalue weighted by Crippen LogP contribution is 2.29. The van der Waals surface area contributed by atoms with Crippen LogP contribution in [0.15, 0.2) is 34.7 Å². The van der Waals surface area contributed by atoms with Crippen LogP contribution in [0.1, 0.15) is 42.4 Å². The maximum Gasteiger partial charge on any atom is 0.316 e. The number of ether oxygens (including phenoxy) is 1. The lowest BCUT2D eigenvalue weighted by Gasteiger charge is -2.08. The zero-order valence-corrected chi connectivity index (χ0v) is 18.8. The monoisotopic (exact) mass is 457 g/mol. The van der Waals surface area contributed by atoms with Gasteiger partial charge in [-0.05, 0) is 26.2 Å². The molecule has 1 N–H and O–H groups in total. The van der Waals surface area contributed by atoms with Crippen molar-refractivity contribution in [2.75, 3.05) is 17.7 Å². The molecule has 1 amide bonds. The smallest absolute Gasteiger partial charge is 0.316 e. The number of nitrogens with one attached hydrogen (secondary N) is 1. The molecular weight excluding hydrogens is 434 g/mol. The second kappa shape index (κ2) is 10.1. The highest BCUT2D eigenvalue weighted by molar-refractivity contribution is 8.01. The molecule has 0 fully saturated rings. The maximum absolute atomic E-state index is 13.1. The molecule has 0 spiro atoms. The summed E-state index contributed by atoms with van der Waals surface area (Å²) in [6, 6.07) is 9.95. The van der Waals surface area contributed by atoms with Gasteiger partial charge >= 0.3 is 5.97 Å². The van der Waals surface area contributed by atoms with Gasteiger partial charge in [0.15, 0.2) is 4.34 Å². The summed E-state index contributed by atoms with van der Waals surface area (Å²) < 4.78 is 7.68. The van der Waals surface area contributed by atoms with Gasteiger partial charge in [-0.3, -0.25) is 14.9 Å². The van der Waals surface area contributed by atoms with Gasteiger partial charge in [0.05, 0.1) is 18.1 Å². The number of rotatable bonds is 7. The Balaban J connectivity index is 1.53. The third kappa shape index (κ3) is 5.13. The predicted octanol–water partition coefficient (Wildman–Crippen LogP) is 4.04.